The van der Waals surface area contributed by atoms with Crippen LogP contribution in [-0.4, -0.2) is 18.5 Å². The third kappa shape index (κ3) is 2.55. The Morgan fingerprint density at radius 1 is 1.41 bits per heavy atom. The molecule has 0 saturated heterocycles. The van der Waals surface area contributed by atoms with Crippen LogP contribution in [0.25, 0.3) is 0 Å². The number of hydrogen-bond acceptors (Lipinski definition) is 3. The molecule has 2 amide bonds. The highest BCUT2D eigenvalue weighted by molar-refractivity contribution is 6.03. The first-order valence-electron chi connectivity index (χ1n) is 5.58. The maximum absolute atomic E-state index is 11.0. The fourth-order valence-electron chi connectivity index (χ4n) is 1.64. The molecule has 0 bridgehead atoms. The lowest BCUT2D eigenvalue weighted by Crippen LogP contribution is -2.27. The van der Waals surface area contributed by atoms with E-state index in [0.717, 1.165) is 17.7 Å². The maximum atomic E-state index is 11.0. The van der Waals surface area contributed by atoms with Gasteiger partial charge >= 0.3 is 6.03 Å². The predicted molar refractivity (Wildman–Crippen MR) is 65.1 cm³/mol. The number of hydrogen-bond donors (Lipinski definition) is 2. The highest BCUT2D eigenvalue weighted by Crippen LogP contribution is 2.20. The van der Waals surface area contributed by atoms with Gasteiger partial charge in [0, 0.05) is 0 Å². The van der Waals surface area contributed by atoms with E-state index < -0.39 is 0 Å². The second-order valence-corrected chi connectivity index (χ2v) is 3.84. The van der Waals surface area contributed by atoms with Gasteiger partial charge in [0.2, 0.25) is 0 Å². The average Bonchev–Trinajstić information content (AvgIpc) is 2.66. The maximum Gasteiger partial charge on any atom is 0.343 e. The molecule has 0 aromatic heterocycles. The van der Waals surface area contributed by atoms with E-state index in [9.17, 15) is 4.79 Å². The lowest BCUT2D eigenvalue weighted by Gasteiger charge is -2.11. The Morgan fingerprint density at radius 3 is 2.65 bits per heavy atom. The van der Waals surface area contributed by atoms with E-state index in [4.69, 9.17) is 10.5 Å². The summed E-state index contributed by atoms with van der Waals surface area (Å²) in [7, 11) is 0. The van der Waals surface area contributed by atoms with Crippen LogP contribution < -0.4 is 15.8 Å². The number of rotatable bonds is 4. The summed E-state index contributed by atoms with van der Waals surface area (Å²) in [6.07, 6.45) is 0.972. The molecule has 5 heteroatoms. The number of benzene rings is 1. The summed E-state index contributed by atoms with van der Waals surface area (Å²) in [5.74, 6) is 1.12. The SMILES string of the molecule is CCCOc1ccc(C2NC(=O)N=C2N)cc1. The average molecular weight is 233 g/mol. The Labute approximate surface area is 99.7 Å². The largest absolute Gasteiger partial charge is 0.494 e. The Hall–Kier alpha value is -2.04. The zero-order chi connectivity index (χ0) is 12.3. The van der Waals surface area contributed by atoms with Crippen LogP contribution in [0.15, 0.2) is 29.3 Å². The molecule has 3 N–H and O–H groups in total. The smallest absolute Gasteiger partial charge is 0.343 e. The molecule has 17 heavy (non-hydrogen) atoms. The second-order valence-electron chi connectivity index (χ2n) is 3.84. The molecule has 1 unspecified atom stereocenters. The lowest BCUT2D eigenvalue weighted by molar-refractivity contribution is 0.250. The monoisotopic (exact) mass is 233 g/mol. The van der Waals surface area contributed by atoms with Crippen LogP contribution in [0.2, 0.25) is 0 Å². The Kier molecular flexibility index (Phi) is 3.27. The number of nitrogens with two attached hydrogens (primary N) is 1. The van der Waals surface area contributed by atoms with Gasteiger partial charge in [-0.25, -0.2) is 4.79 Å². The van der Waals surface area contributed by atoms with Gasteiger partial charge in [0.1, 0.15) is 17.6 Å². The number of amides is 2. The minimum Gasteiger partial charge on any atom is -0.494 e. The summed E-state index contributed by atoms with van der Waals surface area (Å²) >= 11 is 0. The molecule has 5 nitrogen and oxygen atoms in total. The number of carbonyl (C=O) groups excluding carboxylic acids is 1. The fourth-order valence-corrected chi connectivity index (χ4v) is 1.64. The molecule has 0 aliphatic carbocycles. The van der Waals surface area contributed by atoms with Gasteiger partial charge in [-0.3, -0.25) is 0 Å². The van der Waals surface area contributed by atoms with Crippen LogP contribution in [0.4, 0.5) is 4.79 Å². The zero-order valence-electron chi connectivity index (χ0n) is 9.64. The van der Waals surface area contributed by atoms with Crippen molar-refractivity contribution in [2.75, 3.05) is 6.61 Å². The van der Waals surface area contributed by atoms with Crippen molar-refractivity contribution in [2.24, 2.45) is 10.7 Å². The number of urea groups is 1. The van der Waals surface area contributed by atoms with Crippen molar-refractivity contribution in [3.8, 4) is 5.75 Å². The second kappa shape index (κ2) is 4.86. The number of ether oxygens (including phenoxy) is 1. The first kappa shape index (κ1) is 11.4. The van der Waals surface area contributed by atoms with Crippen molar-refractivity contribution >= 4 is 11.9 Å². The summed E-state index contributed by atoms with van der Waals surface area (Å²) < 4.78 is 5.47. The molecular formula is C12H15N3O2. The minimum absolute atomic E-state index is 0.303. The van der Waals surface area contributed by atoms with Gasteiger partial charge in [-0.1, -0.05) is 19.1 Å². The van der Waals surface area contributed by atoms with Crippen LogP contribution in [0.3, 0.4) is 0 Å². The fraction of sp³-hybridized carbons (Fsp3) is 0.333. The molecule has 1 heterocycles. The van der Waals surface area contributed by atoms with Crippen molar-refractivity contribution in [3.05, 3.63) is 29.8 Å². The van der Waals surface area contributed by atoms with Crippen LogP contribution in [0, 0.1) is 0 Å². The van der Waals surface area contributed by atoms with Gasteiger partial charge in [0.05, 0.1) is 6.61 Å². The molecule has 1 aromatic rings. The van der Waals surface area contributed by atoms with Gasteiger partial charge in [0.15, 0.2) is 0 Å². The van der Waals surface area contributed by atoms with Crippen molar-refractivity contribution in [1.82, 2.24) is 5.32 Å². The van der Waals surface area contributed by atoms with Crippen molar-refractivity contribution < 1.29 is 9.53 Å². The third-order valence-electron chi connectivity index (χ3n) is 2.48. The summed E-state index contributed by atoms with van der Waals surface area (Å²) in [4.78, 5) is 14.7. The van der Waals surface area contributed by atoms with Crippen molar-refractivity contribution in [2.45, 2.75) is 19.4 Å². The molecule has 1 aliphatic rings. The molecule has 0 fully saturated rings. The first-order valence-corrected chi connectivity index (χ1v) is 5.58. The Balaban J connectivity index is 2.08. The van der Waals surface area contributed by atoms with E-state index in [1.807, 2.05) is 24.3 Å². The predicted octanol–water partition coefficient (Wildman–Crippen LogP) is 1.60. The van der Waals surface area contributed by atoms with Crippen LogP contribution in [-0.2, 0) is 0 Å². The lowest BCUT2D eigenvalue weighted by atomic mass is 10.1. The highest BCUT2D eigenvalue weighted by Gasteiger charge is 2.24. The van der Waals surface area contributed by atoms with Crippen LogP contribution >= 0.6 is 0 Å². The molecule has 0 saturated carbocycles. The van der Waals surface area contributed by atoms with Gasteiger partial charge in [-0.15, -0.1) is 0 Å². The Morgan fingerprint density at radius 2 is 2.12 bits per heavy atom. The first-order chi connectivity index (χ1) is 8.20. The zero-order valence-corrected chi connectivity index (χ0v) is 9.64. The quantitative estimate of drug-likeness (QED) is 0.829. The molecular weight excluding hydrogens is 218 g/mol. The Bertz CT molecular complexity index is 440. The molecule has 1 atom stereocenters. The topological polar surface area (TPSA) is 76.7 Å². The van der Waals surface area contributed by atoms with Crippen molar-refractivity contribution in [3.63, 3.8) is 0 Å². The highest BCUT2D eigenvalue weighted by atomic mass is 16.5. The van der Waals surface area contributed by atoms with E-state index in [-0.39, 0.29) is 12.1 Å². The molecule has 0 spiro atoms. The van der Waals surface area contributed by atoms with Crippen LogP contribution in [0.1, 0.15) is 24.9 Å². The molecule has 1 aliphatic heterocycles. The number of nitrogens with zero attached hydrogens (tertiary/aromatic N) is 1. The van der Waals surface area contributed by atoms with E-state index >= 15 is 0 Å². The van der Waals surface area contributed by atoms with Crippen LogP contribution in [0.5, 0.6) is 5.75 Å². The number of carbonyl (C=O) groups is 1. The normalized spacial score (nSPS) is 18.8. The number of amidine groups is 1. The minimum atomic E-state index is -0.390. The van der Waals surface area contributed by atoms with Gasteiger partial charge < -0.3 is 15.8 Å². The molecule has 1 aromatic carbocycles. The van der Waals surface area contributed by atoms with Gasteiger partial charge in [-0.05, 0) is 24.1 Å². The van der Waals surface area contributed by atoms with Gasteiger partial charge in [0.25, 0.3) is 0 Å². The van der Waals surface area contributed by atoms with Crippen molar-refractivity contribution in [1.29, 1.82) is 0 Å². The van der Waals surface area contributed by atoms with E-state index in [0.29, 0.717) is 12.4 Å². The summed E-state index contributed by atoms with van der Waals surface area (Å²) in [6.45, 7) is 2.75. The summed E-state index contributed by atoms with van der Waals surface area (Å²) in [5.41, 5.74) is 6.56. The number of aliphatic imine (C=N–C) groups is 1. The number of nitrogens with one attached hydrogen (secondary N) is 1. The van der Waals surface area contributed by atoms with E-state index in [1.54, 1.807) is 0 Å². The summed E-state index contributed by atoms with van der Waals surface area (Å²) in [5, 5.41) is 2.67. The van der Waals surface area contributed by atoms with E-state index in [2.05, 4.69) is 17.2 Å². The molecule has 90 valence electrons. The third-order valence-corrected chi connectivity index (χ3v) is 2.48. The molecule has 2 rings (SSSR count). The standard InChI is InChI=1S/C12H15N3O2/c1-2-7-17-9-5-3-8(4-6-9)10-11(13)15-12(16)14-10/h3-6,10H,2,7H2,1H3,(H3,13,14,15,16). The van der Waals surface area contributed by atoms with Gasteiger partial charge in [-0.2, -0.15) is 4.99 Å². The van der Waals surface area contributed by atoms with E-state index in [1.165, 1.54) is 0 Å². The summed E-state index contributed by atoms with van der Waals surface area (Å²) in [6, 6.07) is 6.78. The molecule has 0 radical (unpaired) electrons.